The van der Waals surface area contributed by atoms with Crippen LogP contribution in [0.3, 0.4) is 0 Å². The third-order valence-corrected chi connectivity index (χ3v) is 4.61. The summed E-state index contributed by atoms with van der Waals surface area (Å²) < 4.78 is 0. The van der Waals surface area contributed by atoms with E-state index in [-0.39, 0.29) is 31.1 Å². The summed E-state index contributed by atoms with van der Waals surface area (Å²) in [6.07, 6.45) is 0.0761. The highest BCUT2D eigenvalue weighted by Crippen LogP contribution is 2.09. The van der Waals surface area contributed by atoms with Crippen molar-refractivity contribution in [3.8, 4) is 0 Å². The summed E-state index contributed by atoms with van der Waals surface area (Å²) in [4.78, 5) is 59.8. The molecule has 0 heterocycles. The maximum atomic E-state index is 12.9. The van der Waals surface area contributed by atoms with Crippen LogP contribution in [0.4, 0.5) is 0 Å². The summed E-state index contributed by atoms with van der Waals surface area (Å²) in [6, 6.07) is 5.62. The van der Waals surface area contributed by atoms with Gasteiger partial charge in [0.2, 0.25) is 23.6 Å². The van der Waals surface area contributed by atoms with E-state index in [4.69, 9.17) is 5.73 Å². The van der Waals surface area contributed by atoms with Crippen LogP contribution in [0.5, 0.6) is 0 Å². The Kier molecular flexibility index (Phi) is 10.9. The van der Waals surface area contributed by atoms with Gasteiger partial charge in [-0.15, -0.1) is 0 Å². The van der Waals surface area contributed by atoms with Crippen LogP contribution >= 0.6 is 0 Å². The summed E-state index contributed by atoms with van der Waals surface area (Å²) in [6.45, 7) is 5.09. The van der Waals surface area contributed by atoms with E-state index in [1.807, 2.05) is 13.8 Å². The third kappa shape index (κ3) is 10.1. The Morgan fingerprint density at radius 1 is 0.906 bits per heavy atom. The maximum absolute atomic E-state index is 12.9. The van der Waals surface area contributed by atoms with Crippen LogP contribution in [0, 0.1) is 5.92 Å². The Morgan fingerprint density at radius 2 is 1.47 bits per heavy atom. The highest BCUT2D eigenvalue weighted by Gasteiger charge is 2.29. The molecule has 1 aromatic rings. The number of benzene rings is 1. The Labute approximate surface area is 187 Å². The zero-order chi connectivity index (χ0) is 24.3. The van der Waals surface area contributed by atoms with E-state index in [9.17, 15) is 29.1 Å². The lowest BCUT2D eigenvalue weighted by atomic mass is 10.0. The van der Waals surface area contributed by atoms with Crippen molar-refractivity contribution in [1.29, 1.82) is 0 Å². The van der Waals surface area contributed by atoms with Crippen molar-refractivity contribution in [2.75, 3.05) is 0 Å². The minimum absolute atomic E-state index is 0.101. The number of nitrogens with two attached hydrogens (primary N) is 1. The Hall–Kier alpha value is -3.43. The van der Waals surface area contributed by atoms with Gasteiger partial charge in [0.15, 0.2) is 0 Å². The zero-order valence-electron chi connectivity index (χ0n) is 18.6. The van der Waals surface area contributed by atoms with Crippen molar-refractivity contribution in [2.45, 2.75) is 64.6 Å². The largest absolute Gasteiger partial charge is 0.480 e. The topological polar surface area (TPSA) is 168 Å². The van der Waals surface area contributed by atoms with Gasteiger partial charge >= 0.3 is 5.97 Å². The van der Waals surface area contributed by atoms with E-state index in [2.05, 4.69) is 16.0 Å². The summed E-state index contributed by atoms with van der Waals surface area (Å²) in [5.41, 5.74) is 5.82. The second kappa shape index (κ2) is 13.1. The second-order valence-electron chi connectivity index (χ2n) is 8.04. The maximum Gasteiger partial charge on any atom is 0.326 e. The van der Waals surface area contributed by atoms with Crippen LogP contribution in [-0.2, 0) is 30.4 Å². The molecule has 0 bridgehead atoms. The number of nitrogens with one attached hydrogen (secondary N) is 3. The summed E-state index contributed by atoms with van der Waals surface area (Å²) >= 11 is 0. The van der Waals surface area contributed by atoms with Gasteiger partial charge in [0.1, 0.15) is 18.1 Å². The fourth-order valence-electron chi connectivity index (χ4n) is 3.10. The Morgan fingerprint density at radius 3 is 1.97 bits per heavy atom. The van der Waals surface area contributed by atoms with Crippen molar-refractivity contribution >= 4 is 29.6 Å². The smallest absolute Gasteiger partial charge is 0.326 e. The SMILES string of the molecule is CC(=O)N[C@@H](CC(C)C)C(=O)N[C@@H](Cc1ccccc1)C(=O)N[C@@H](CCC(N)=O)C(=O)O. The molecule has 32 heavy (non-hydrogen) atoms. The molecule has 0 aliphatic heterocycles. The first-order valence-electron chi connectivity index (χ1n) is 10.4. The summed E-state index contributed by atoms with van der Waals surface area (Å²) in [5.74, 6) is -3.55. The molecule has 176 valence electrons. The van der Waals surface area contributed by atoms with Gasteiger partial charge in [0.25, 0.3) is 0 Å². The molecule has 1 aromatic carbocycles. The monoisotopic (exact) mass is 448 g/mol. The van der Waals surface area contributed by atoms with Crippen LogP contribution in [0.25, 0.3) is 0 Å². The fraction of sp³-hybridized carbons (Fsp3) is 0.500. The molecule has 0 saturated heterocycles. The molecular weight excluding hydrogens is 416 g/mol. The van der Waals surface area contributed by atoms with E-state index >= 15 is 0 Å². The molecule has 4 amide bonds. The van der Waals surface area contributed by atoms with Crippen LogP contribution in [-0.4, -0.2) is 52.8 Å². The Bertz CT molecular complexity index is 812. The highest BCUT2D eigenvalue weighted by molar-refractivity contribution is 5.93. The van der Waals surface area contributed by atoms with Crippen molar-refractivity contribution in [3.05, 3.63) is 35.9 Å². The molecule has 0 radical (unpaired) electrons. The molecule has 0 spiro atoms. The molecule has 6 N–H and O–H groups in total. The first kappa shape index (κ1) is 26.6. The van der Waals surface area contributed by atoms with Crippen molar-refractivity contribution in [1.82, 2.24) is 16.0 Å². The molecule has 0 unspecified atom stereocenters. The predicted molar refractivity (Wildman–Crippen MR) is 117 cm³/mol. The number of hydrogen-bond donors (Lipinski definition) is 5. The van der Waals surface area contributed by atoms with Crippen LogP contribution in [0.1, 0.15) is 45.6 Å². The Balaban J connectivity index is 3.05. The number of carbonyl (C=O) groups is 5. The minimum atomic E-state index is -1.34. The third-order valence-electron chi connectivity index (χ3n) is 4.61. The van der Waals surface area contributed by atoms with E-state index in [1.165, 1.54) is 6.92 Å². The molecule has 1 rings (SSSR count). The quantitative estimate of drug-likeness (QED) is 0.287. The predicted octanol–water partition coefficient (Wildman–Crippen LogP) is 0.0996. The molecule has 3 atom stereocenters. The van der Waals surface area contributed by atoms with Crippen LogP contribution in [0.15, 0.2) is 30.3 Å². The van der Waals surface area contributed by atoms with Gasteiger partial charge in [-0.1, -0.05) is 44.2 Å². The number of rotatable bonds is 13. The van der Waals surface area contributed by atoms with Gasteiger partial charge in [0, 0.05) is 19.8 Å². The number of carboxylic acid groups (broad SMARTS) is 1. The minimum Gasteiger partial charge on any atom is -0.480 e. The molecule has 0 aromatic heterocycles. The summed E-state index contributed by atoms with van der Waals surface area (Å²) in [7, 11) is 0. The van der Waals surface area contributed by atoms with Gasteiger partial charge in [-0.25, -0.2) is 4.79 Å². The first-order chi connectivity index (χ1) is 15.0. The molecule has 10 nitrogen and oxygen atoms in total. The number of primary amides is 1. The average Bonchev–Trinajstić information content (AvgIpc) is 2.69. The van der Waals surface area contributed by atoms with Gasteiger partial charge in [0.05, 0.1) is 0 Å². The number of aliphatic carboxylic acids is 1. The molecular formula is C22H32N4O6. The molecule has 10 heteroatoms. The normalized spacial score (nSPS) is 13.5. The second-order valence-corrected chi connectivity index (χ2v) is 8.04. The fourth-order valence-corrected chi connectivity index (χ4v) is 3.10. The number of amides is 4. The number of carbonyl (C=O) groups excluding carboxylic acids is 4. The van der Waals surface area contributed by atoms with Crippen molar-refractivity contribution < 1.29 is 29.1 Å². The van der Waals surface area contributed by atoms with E-state index in [1.54, 1.807) is 30.3 Å². The molecule has 0 saturated carbocycles. The average molecular weight is 449 g/mol. The standard InChI is InChI=1S/C22H32N4O6/c1-13(2)11-17(24-14(3)27)20(29)26-18(12-15-7-5-4-6-8-15)21(30)25-16(22(31)32)9-10-19(23)28/h4-8,13,16-18H,9-12H2,1-3H3,(H2,23,28)(H,24,27)(H,25,30)(H,26,29)(H,31,32)/t16-,17-,18-/m0/s1. The van der Waals surface area contributed by atoms with Crippen molar-refractivity contribution in [2.24, 2.45) is 11.7 Å². The van der Waals surface area contributed by atoms with Gasteiger partial charge in [-0.2, -0.15) is 0 Å². The first-order valence-corrected chi connectivity index (χ1v) is 10.4. The van der Waals surface area contributed by atoms with E-state index in [0.29, 0.717) is 6.42 Å². The van der Waals surface area contributed by atoms with Gasteiger partial charge in [-0.05, 0) is 24.3 Å². The highest BCUT2D eigenvalue weighted by atomic mass is 16.4. The zero-order valence-corrected chi connectivity index (χ0v) is 18.6. The van der Waals surface area contributed by atoms with Crippen LogP contribution in [0.2, 0.25) is 0 Å². The number of carboxylic acids is 1. The lowest BCUT2D eigenvalue weighted by molar-refractivity contribution is -0.142. The van der Waals surface area contributed by atoms with E-state index in [0.717, 1.165) is 5.56 Å². The molecule has 0 aliphatic carbocycles. The lowest BCUT2D eigenvalue weighted by Gasteiger charge is -2.25. The van der Waals surface area contributed by atoms with Crippen molar-refractivity contribution in [3.63, 3.8) is 0 Å². The van der Waals surface area contributed by atoms with Crippen LogP contribution < -0.4 is 21.7 Å². The van der Waals surface area contributed by atoms with Gasteiger partial charge < -0.3 is 26.8 Å². The number of hydrogen-bond acceptors (Lipinski definition) is 5. The molecule has 0 fully saturated rings. The lowest BCUT2D eigenvalue weighted by Crippen LogP contribution is -2.56. The van der Waals surface area contributed by atoms with E-state index < -0.39 is 41.8 Å². The van der Waals surface area contributed by atoms with Gasteiger partial charge in [-0.3, -0.25) is 19.2 Å². The molecule has 0 aliphatic rings. The summed E-state index contributed by atoms with van der Waals surface area (Å²) in [5, 5.41) is 17.0.